The molecule has 0 spiro atoms. The van der Waals surface area contributed by atoms with E-state index in [9.17, 15) is 0 Å². The minimum Gasteiger partial charge on any atom is -0.388 e. The van der Waals surface area contributed by atoms with Crippen molar-refractivity contribution in [2.24, 2.45) is 0 Å². The highest BCUT2D eigenvalue weighted by Crippen LogP contribution is 2.12. The normalized spacial score (nSPS) is 58.0. The monoisotopic (exact) mass is 151 g/mol. The number of hydrogen-bond acceptors (Lipinski definition) is 5. The highest BCUT2D eigenvalue weighted by molar-refractivity contribution is 4.81. The molecule has 1 heterocycles. The van der Waals surface area contributed by atoms with E-state index in [1.165, 1.54) is 0 Å². The average Bonchev–Trinajstić information content (AvgIpc) is 1.95. The second-order valence-corrected chi connectivity index (χ2v) is 2.15. The largest absolute Gasteiger partial charge is 0.388 e. The van der Waals surface area contributed by atoms with Crippen molar-refractivity contribution in [3.8, 4) is 0 Å². The molecule has 1 saturated heterocycles. The van der Waals surface area contributed by atoms with Crippen LogP contribution in [0.1, 0.15) is 1.37 Å². The highest BCUT2D eigenvalue weighted by atomic mass is 16.6. The molecule has 1 fully saturated rings. The lowest BCUT2D eigenvalue weighted by atomic mass is 10.1. The smallest absolute Gasteiger partial charge is 0.183 e. The molecule has 4 N–H and O–H groups in total. The predicted octanol–water partition coefficient (Wildman–Crippen LogP) is -2.58. The number of hydrogen-bond donors (Lipinski definition) is 4. The van der Waals surface area contributed by atoms with E-state index in [4.69, 9.17) is 21.8 Å². The van der Waals surface area contributed by atoms with Gasteiger partial charge in [0, 0.05) is 0 Å². The van der Waals surface area contributed by atoms with E-state index in [1.807, 2.05) is 0 Å². The molecule has 0 radical (unpaired) electrons. The fraction of sp³-hybridized carbons (Fsp3) is 1.00. The molecule has 0 aliphatic carbocycles. The Morgan fingerprint density at radius 1 is 1.20 bits per heavy atom. The molecular weight excluding hydrogens is 140 g/mol. The summed E-state index contributed by atoms with van der Waals surface area (Å²) in [7, 11) is 0. The lowest BCUT2D eigenvalue weighted by Gasteiger charge is -2.31. The van der Waals surface area contributed by atoms with Crippen molar-refractivity contribution in [2.75, 3.05) is 6.61 Å². The molecule has 1 aliphatic heterocycles. The first kappa shape index (κ1) is 6.51. The van der Waals surface area contributed by atoms with Crippen LogP contribution in [0.15, 0.2) is 0 Å². The van der Waals surface area contributed by atoms with Crippen LogP contribution in [0.4, 0.5) is 0 Å². The third kappa shape index (κ3) is 1.28. The minimum absolute atomic E-state index is 0.363. The van der Waals surface area contributed by atoms with Crippen LogP contribution in [0.3, 0.4) is 0 Å². The Morgan fingerprint density at radius 3 is 2.30 bits per heavy atom. The molecule has 0 aromatic carbocycles. The molecule has 5 nitrogen and oxygen atoms in total. The molecule has 0 unspecified atom stereocenters. The molecule has 0 bridgehead atoms. The van der Waals surface area contributed by atoms with E-state index in [1.54, 1.807) is 0 Å². The molecule has 10 heavy (non-hydrogen) atoms. The third-order valence-electron chi connectivity index (χ3n) is 1.37. The van der Waals surface area contributed by atoms with E-state index in [0.717, 1.165) is 0 Å². The van der Waals surface area contributed by atoms with Crippen molar-refractivity contribution in [3.05, 3.63) is 0 Å². The summed E-state index contributed by atoms with van der Waals surface area (Å²) in [6.07, 6.45) is -7.10. The van der Waals surface area contributed by atoms with Crippen LogP contribution in [0.5, 0.6) is 0 Å². The topological polar surface area (TPSA) is 90.2 Å². The molecule has 60 valence electrons. The summed E-state index contributed by atoms with van der Waals surface area (Å²) in [4.78, 5) is 0. The fourth-order valence-corrected chi connectivity index (χ4v) is 0.711. The summed E-state index contributed by atoms with van der Waals surface area (Å²) in [5, 5.41) is 35.5. The first-order chi connectivity index (χ1) is 4.95. The Bertz CT molecular complexity index is 150. The molecular formula is C5H10O5. The van der Waals surface area contributed by atoms with Crippen molar-refractivity contribution >= 4 is 0 Å². The van der Waals surface area contributed by atoms with Gasteiger partial charge in [0.2, 0.25) is 0 Å². The summed E-state index contributed by atoms with van der Waals surface area (Å²) in [5.41, 5.74) is 0. The van der Waals surface area contributed by atoms with Crippen LogP contribution in [0.2, 0.25) is 0 Å². The molecule has 0 aromatic heterocycles. The van der Waals surface area contributed by atoms with E-state index < -0.39 is 24.6 Å². The molecule has 0 saturated carbocycles. The maximum atomic E-state index is 8.92. The predicted molar refractivity (Wildman–Crippen MR) is 30.0 cm³/mol. The van der Waals surface area contributed by atoms with E-state index in [-0.39, 0.29) is 6.61 Å². The van der Waals surface area contributed by atoms with Crippen LogP contribution in [0.25, 0.3) is 0 Å². The third-order valence-corrected chi connectivity index (χ3v) is 1.37. The number of aliphatic hydroxyl groups is 4. The zero-order valence-electron chi connectivity index (χ0n) is 6.14. The minimum atomic E-state index is -2.52. The van der Waals surface area contributed by atoms with Crippen molar-refractivity contribution < 1.29 is 26.5 Å². The molecule has 0 aromatic rings. The lowest BCUT2D eigenvalue weighted by molar-refractivity contribution is -0.252. The van der Waals surface area contributed by atoms with Crippen LogP contribution in [0, 0.1) is 0 Å². The molecule has 4 atom stereocenters. The summed E-state index contributed by atoms with van der Waals surface area (Å²) in [5.74, 6) is 0. The lowest BCUT2D eigenvalue weighted by Crippen LogP contribution is -2.52. The van der Waals surface area contributed by atoms with Crippen LogP contribution in [-0.2, 0) is 4.74 Å². The van der Waals surface area contributed by atoms with Gasteiger partial charge in [-0.25, -0.2) is 0 Å². The summed E-state index contributed by atoms with van der Waals surface area (Å²) in [6, 6.07) is 0. The Kier molecular flexibility index (Phi) is 1.83. The summed E-state index contributed by atoms with van der Waals surface area (Å²) >= 11 is 0. The fourth-order valence-electron chi connectivity index (χ4n) is 0.711. The Hall–Kier alpha value is -0.200. The Labute approximate surface area is 58.9 Å². The zero-order chi connectivity index (χ0) is 8.65. The van der Waals surface area contributed by atoms with E-state index >= 15 is 0 Å². The maximum absolute atomic E-state index is 8.92. The highest BCUT2D eigenvalue weighted by Gasteiger charge is 2.36. The Balaban J connectivity index is 2.67. The molecule has 1 rings (SSSR count). The van der Waals surface area contributed by atoms with E-state index in [0.29, 0.717) is 0 Å². The van der Waals surface area contributed by atoms with Crippen molar-refractivity contribution in [2.45, 2.75) is 24.6 Å². The van der Waals surface area contributed by atoms with E-state index in [2.05, 4.69) is 4.74 Å². The van der Waals surface area contributed by atoms with Crippen molar-refractivity contribution in [1.82, 2.24) is 0 Å². The van der Waals surface area contributed by atoms with Gasteiger partial charge in [0.15, 0.2) is 6.27 Å². The quantitative estimate of drug-likeness (QED) is 0.305. The number of ether oxygens (including phenoxy) is 1. The first-order valence-electron chi connectivity index (χ1n) is 3.35. The van der Waals surface area contributed by atoms with Crippen LogP contribution >= 0.6 is 0 Å². The average molecular weight is 151 g/mol. The van der Waals surface area contributed by atoms with Gasteiger partial charge in [0.25, 0.3) is 0 Å². The van der Waals surface area contributed by atoms with Crippen molar-refractivity contribution in [1.29, 1.82) is 0 Å². The molecule has 1 aliphatic rings. The maximum Gasteiger partial charge on any atom is 0.183 e. The second kappa shape index (κ2) is 2.81. The first-order valence-corrected chi connectivity index (χ1v) is 2.85. The van der Waals surface area contributed by atoms with Gasteiger partial charge in [-0.05, 0) is 0 Å². The van der Waals surface area contributed by atoms with Gasteiger partial charge < -0.3 is 25.2 Å². The number of rotatable bonds is 0. The second-order valence-electron chi connectivity index (χ2n) is 2.15. The number of aliphatic hydroxyl groups excluding tert-OH is 3. The van der Waals surface area contributed by atoms with Gasteiger partial charge in [-0.3, -0.25) is 0 Å². The van der Waals surface area contributed by atoms with Crippen molar-refractivity contribution in [3.63, 3.8) is 0 Å². The van der Waals surface area contributed by atoms with Gasteiger partial charge in [0.05, 0.1) is 7.98 Å². The standard InChI is InChI=1S/C5H10O5/c6-2-1-10-5(9)4(8)3(2)7/h2-9H,1H2/t2-,3+,4-,5-/m1/s1/i5D. The zero-order valence-corrected chi connectivity index (χ0v) is 5.14. The van der Waals surface area contributed by atoms with Gasteiger partial charge in [-0.1, -0.05) is 0 Å². The SMILES string of the molecule is [2H][C@@]1(O)OC[C@@H](O)[C@H](O)[C@H]1O. The van der Waals surface area contributed by atoms with Gasteiger partial charge >= 0.3 is 0 Å². The summed E-state index contributed by atoms with van der Waals surface area (Å²) in [6.45, 7) is -0.363. The molecule has 0 amide bonds. The summed E-state index contributed by atoms with van der Waals surface area (Å²) < 4.78 is 11.2. The van der Waals surface area contributed by atoms with Gasteiger partial charge in [-0.15, -0.1) is 0 Å². The van der Waals surface area contributed by atoms with Crippen LogP contribution < -0.4 is 0 Å². The molecule has 5 heteroatoms. The Morgan fingerprint density at radius 2 is 1.80 bits per heavy atom. The van der Waals surface area contributed by atoms with Crippen LogP contribution in [-0.4, -0.2) is 51.6 Å². The van der Waals surface area contributed by atoms with Gasteiger partial charge in [0.1, 0.15) is 18.3 Å². The van der Waals surface area contributed by atoms with Gasteiger partial charge in [-0.2, -0.15) is 0 Å².